The molecular formula is C8H13NO. The summed E-state index contributed by atoms with van der Waals surface area (Å²) >= 11 is 0. The highest BCUT2D eigenvalue weighted by Gasteiger charge is 1.92. The first kappa shape index (κ1) is 8.82. The minimum absolute atomic E-state index is 0.431. The lowest BCUT2D eigenvalue weighted by molar-refractivity contribution is 0.587. The van der Waals surface area contributed by atoms with Gasteiger partial charge in [0.15, 0.2) is 5.88 Å². The minimum atomic E-state index is 0.431. The molecule has 0 radical (unpaired) electrons. The lowest BCUT2D eigenvalue weighted by Gasteiger charge is -1.82. The largest absolute Gasteiger partial charge is 0.449 e. The smallest absolute Gasteiger partial charge is 0.197 e. The zero-order valence-corrected chi connectivity index (χ0v) is 6.42. The van der Waals surface area contributed by atoms with Crippen molar-refractivity contribution in [1.82, 2.24) is 0 Å². The summed E-state index contributed by atoms with van der Waals surface area (Å²) in [7, 11) is 0. The fourth-order valence-electron chi connectivity index (χ4n) is 0.499. The van der Waals surface area contributed by atoms with Crippen LogP contribution in [0.1, 0.15) is 19.4 Å². The molecule has 1 aromatic rings. The van der Waals surface area contributed by atoms with Gasteiger partial charge in [0.1, 0.15) is 0 Å². The Balaban J connectivity index is 0.000000371. The van der Waals surface area contributed by atoms with E-state index in [1.807, 2.05) is 13.8 Å². The van der Waals surface area contributed by atoms with E-state index in [1.165, 1.54) is 6.26 Å². The summed E-state index contributed by atoms with van der Waals surface area (Å²) in [6.07, 6.45) is 3.19. The molecule has 0 aromatic carbocycles. The normalized spacial score (nSPS) is 7.80. The third-order valence-electron chi connectivity index (χ3n) is 0.947. The summed E-state index contributed by atoms with van der Waals surface area (Å²) in [5, 5.41) is 0. The zero-order valence-electron chi connectivity index (χ0n) is 6.42. The summed E-state index contributed by atoms with van der Waals surface area (Å²) < 4.78 is 4.76. The van der Waals surface area contributed by atoms with Crippen molar-refractivity contribution in [2.75, 3.05) is 5.73 Å². The number of furan rings is 1. The van der Waals surface area contributed by atoms with Crippen molar-refractivity contribution in [2.45, 2.75) is 13.8 Å². The number of nitrogen functional groups attached to an aromatic ring is 1. The number of anilines is 1. The summed E-state index contributed by atoms with van der Waals surface area (Å²) in [4.78, 5) is 0. The van der Waals surface area contributed by atoms with Crippen LogP contribution in [-0.4, -0.2) is 0 Å². The molecular weight excluding hydrogens is 126 g/mol. The van der Waals surface area contributed by atoms with Gasteiger partial charge in [0, 0.05) is 5.56 Å². The van der Waals surface area contributed by atoms with Gasteiger partial charge < -0.3 is 10.2 Å². The van der Waals surface area contributed by atoms with Crippen molar-refractivity contribution in [3.05, 3.63) is 24.5 Å². The molecule has 1 aromatic heterocycles. The van der Waals surface area contributed by atoms with Crippen LogP contribution in [0.2, 0.25) is 0 Å². The molecule has 0 fully saturated rings. The third kappa shape index (κ3) is 1.97. The average molecular weight is 139 g/mol. The number of nitrogens with two attached hydrogens (primary N) is 1. The molecule has 0 atom stereocenters. The Morgan fingerprint density at radius 2 is 2.20 bits per heavy atom. The number of rotatable bonds is 1. The van der Waals surface area contributed by atoms with Gasteiger partial charge in [0.2, 0.25) is 0 Å². The quantitative estimate of drug-likeness (QED) is 0.649. The maximum Gasteiger partial charge on any atom is 0.197 e. The van der Waals surface area contributed by atoms with E-state index in [2.05, 4.69) is 6.58 Å². The molecule has 0 aliphatic rings. The van der Waals surface area contributed by atoms with Crippen molar-refractivity contribution < 1.29 is 4.42 Å². The molecule has 1 heterocycles. The molecule has 0 unspecified atom stereocenters. The topological polar surface area (TPSA) is 39.2 Å². The van der Waals surface area contributed by atoms with Crippen LogP contribution in [0, 0.1) is 0 Å². The molecule has 2 heteroatoms. The van der Waals surface area contributed by atoms with Crippen LogP contribution >= 0.6 is 0 Å². The minimum Gasteiger partial charge on any atom is -0.449 e. The summed E-state index contributed by atoms with van der Waals surface area (Å²) in [5.41, 5.74) is 6.16. The second-order valence-corrected chi connectivity index (χ2v) is 1.44. The monoisotopic (exact) mass is 139 g/mol. The van der Waals surface area contributed by atoms with Gasteiger partial charge in [-0.25, -0.2) is 0 Å². The van der Waals surface area contributed by atoms with Gasteiger partial charge in [0.05, 0.1) is 6.26 Å². The van der Waals surface area contributed by atoms with E-state index in [4.69, 9.17) is 10.2 Å². The van der Waals surface area contributed by atoms with E-state index in [-0.39, 0.29) is 0 Å². The lowest BCUT2D eigenvalue weighted by Crippen LogP contribution is -1.80. The van der Waals surface area contributed by atoms with Gasteiger partial charge >= 0.3 is 0 Å². The summed E-state index contributed by atoms with van der Waals surface area (Å²) in [6, 6.07) is 1.77. The highest BCUT2D eigenvalue weighted by atomic mass is 16.3. The van der Waals surface area contributed by atoms with Crippen molar-refractivity contribution in [3.63, 3.8) is 0 Å². The molecule has 0 saturated heterocycles. The Hall–Kier alpha value is -1.18. The lowest BCUT2D eigenvalue weighted by atomic mass is 10.3. The number of hydrogen-bond donors (Lipinski definition) is 1. The Labute approximate surface area is 61.3 Å². The van der Waals surface area contributed by atoms with Gasteiger partial charge in [-0.1, -0.05) is 26.5 Å². The molecule has 0 spiro atoms. The Kier molecular flexibility index (Phi) is 4.12. The Morgan fingerprint density at radius 1 is 1.60 bits per heavy atom. The molecule has 10 heavy (non-hydrogen) atoms. The van der Waals surface area contributed by atoms with Crippen LogP contribution in [0.25, 0.3) is 6.08 Å². The molecule has 0 amide bonds. The van der Waals surface area contributed by atoms with Gasteiger partial charge in [0.25, 0.3) is 0 Å². The van der Waals surface area contributed by atoms with E-state index in [1.54, 1.807) is 12.1 Å². The summed E-state index contributed by atoms with van der Waals surface area (Å²) in [5.74, 6) is 0.431. The highest BCUT2D eigenvalue weighted by Crippen LogP contribution is 2.12. The maximum atomic E-state index is 5.31. The molecule has 0 aliphatic heterocycles. The first-order valence-electron chi connectivity index (χ1n) is 3.30. The zero-order chi connectivity index (χ0) is 7.98. The van der Waals surface area contributed by atoms with E-state index < -0.39 is 0 Å². The number of hydrogen-bond acceptors (Lipinski definition) is 2. The van der Waals surface area contributed by atoms with Crippen LogP contribution in [0.15, 0.2) is 23.3 Å². The molecule has 1 rings (SSSR count). The van der Waals surface area contributed by atoms with Crippen molar-refractivity contribution >= 4 is 12.0 Å². The average Bonchev–Trinajstić information content (AvgIpc) is 2.39. The Morgan fingerprint density at radius 3 is 2.40 bits per heavy atom. The Bertz CT molecular complexity index is 191. The van der Waals surface area contributed by atoms with E-state index in [0.29, 0.717) is 5.88 Å². The van der Waals surface area contributed by atoms with Crippen molar-refractivity contribution in [1.29, 1.82) is 0 Å². The third-order valence-corrected chi connectivity index (χ3v) is 0.947. The van der Waals surface area contributed by atoms with Crippen LogP contribution in [-0.2, 0) is 0 Å². The molecule has 2 nitrogen and oxygen atoms in total. The van der Waals surface area contributed by atoms with E-state index >= 15 is 0 Å². The van der Waals surface area contributed by atoms with Crippen LogP contribution in [0.3, 0.4) is 0 Å². The van der Waals surface area contributed by atoms with Crippen molar-refractivity contribution in [3.8, 4) is 0 Å². The standard InChI is InChI=1S/C6H7NO.C2H6/c1-2-5-3-4-8-6(5)7;1-2/h2-4H,1,7H2;1-2H3. The van der Waals surface area contributed by atoms with Gasteiger partial charge in [-0.2, -0.15) is 0 Å². The molecule has 56 valence electrons. The van der Waals surface area contributed by atoms with Crippen LogP contribution in [0.5, 0.6) is 0 Å². The first-order valence-corrected chi connectivity index (χ1v) is 3.30. The maximum absolute atomic E-state index is 5.31. The van der Waals surface area contributed by atoms with Crippen LogP contribution in [0.4, 0.5) is 5.88 Å². The highest BCUT2D eigenvalue weighted by molar-refractivity contribution is 5.57. The van der Waals surface area contributed by atoms with Crippen LogP contribution < -0.4 is 5.73 Å². The fourth-order valence-corrected chi connectivity index (χ4v) is 0.499. The fraction of sp³-hybridized carbons (Fsp3) is 0.250. The van der Waals surface area contributed by atoms with Gasteiger partial charge in [-0.3, -0.25) is 0 Å². The first-order chi connectivity index (χ1) is 4.84. The van der Waals surface area contributed by atoms with E-state index in [9.17, 15) is 0 Å². The van der Waals surface area contributed by atoms with Gasteiger partial charge in [-0.05, 0) is 6.07 Å². The second-order valence-electron chi connectivity index (χ2n) is 1.44. The second kappa shape index (κ2) is 4.68. The van der Waals surface area contributed by atoms with E-state index in [0.717, 1.165) is 5.56 Å². The predicted octanol–water partition coefficient (Wildman–Crippen LogP) is 2.53. The SMILES string of the molecule is C=Cc1ccoc1N.CC. The predicted molar refractivity (Wildman–Crippen MR) is 44.6 cm³/mol. The van der Waals surface area contributed by atoms with Crippen molar-refractivity contribution in [2.24, 2.45) is 0 Å². The van der Waals surface area contributed by atoms with Gasteiger partial charge in [-0.15, -0.1) is 0 Å². The molecule has 0 aliphatic carbocycles. The summed E-state index contributed by atoms with van der Waals surface area (Å²) in [6.45, 7) is 7.52. The molecule has 0 saturated carbocycles. The molecule has 2 N–H and O–H groups in total. The molecule has 0 bridgehead atoms.